The van der Waals surface area contributed by atoms with E-state index in [1.54, 1.807) is 0 Å². The van der Waals surface area contributed by atoms with Gasteiger partial charge in [-0.1, -0.05) is 37.8 Å². The van der Waals surface area contributed by atoms with Gasteiger partial charge in [-0.25, -0.2) is 0 Å². The first-order chi connectivity index (χ1) is 9.93. The number of allylic oxidation sites excluding steroid dienone is 4. The van der Waals surface area contributed by atoms with E-state index in [1.165, 1.54) is 11.1 Å². The molecule has 0 N–H and O–H groups in total. The van der Waals surface area contributed by atoms with Crippen LogP contribution in [0, 0.1) is 22.7 Å². The van der Waals surface area contributed by atoms with Gasteiger partial charge >= 0.3 is 0 Å². The molecule has 3 saturated carbocycles. The summed E-state index contributed by atoms with van der Waals surface area (Å²) in [6.07, 6.45) is 10.9. The molecule has 0 aliphatic heterocycles. The van der Waals surface area contributed by atoms with Gasteiger partial charge in [0.2, 0.25) is 0 Å². The first-order valence-electron chi connectivity index (χ1n) is 8.41. The average molecular weight is 284 g/mol. The van der Waals surface area contributed by atoms with Crippen LogP contribution in [-0.4, -0.2) is 11.6 Å². The highest BCUT2D eigenvalue weighted by Crippen LogP contribution is 2.70. The molecule has 2 bridgehead atoms. The second-order valence-electron chi connectivity index (χ2n) is 8.20. The van der Waals surface area contributed by atoms with Crippen molar-refractivity contribution >= 4 is 11.6 Å². The van der Waals surface area contributed by atoms with E-state index in [0.717, 1.165) is 44.9 Å². The summed E-state index contributed by atoms with van der Waals surface area (Å²) < 4.78 is 0. The molecule has 4 aliphatic rings. The molecule has 0 amide bonds. The molecule has 0 aromatic heterocycles. The number of ketones is 2. The maximum Gasteiger partial charge on any atom is 0.159 e. The van der Waals surface area contributed by atoms with Crippen molar-refractivity contribution in [3.8, 4) is 0 Å². The second kappa shape index (κ2) is 4.18. The van der Waals surface area contributed by atoms with Crippen LogP contribution in [0.3, 0.4) is 0 Å². The lowest BCUT2D eigenvalue weighted by Gasteiger charge is -2.54. The van der Waals surface area contributed by atoms with Gasteiger partial charge in [-0.05, 0) is 55.1 Å². The van der Waals surface area contributed by atoms with E-state index in [1.807, 2.05) is 12.2 Å². The van der Waals surface area contributed by atoms with Crippen molar-refractivity contribution in [3.05, 3.63) is 23.3 Å². The highest BCUT2D eigenvalue weighted by molar-refractivity contribution is 6.01. The van der Waals surface area contributed by atoms with Gasteiger partial charge < -0.3 is 0 Å². The SMILES string of the molecule is CC12C/C3=C\C(=O)C4CCCCC4C(=O)/C=C(\C1)C2(C)C3. The van der Waals surface area contributed by atoms with E-state index in [2.05, 4.69) is 13.8 Å². The minimum atomic E-state index is -0.0523. The van der Waals surface area contributed by atoms with Crippen molar-refractivity contribution in [2.24, 2.45) is 22.7 Å². The van der Waals surface area contributed by atoms with Crippen LogP contribution in [-0.2, 0) is 9.59 Å². The molecule has 4 unspecified atom stereocenters. The summed E-state index contributed by atoms with van der Waals surface area (Å²) in [6.45, 7) is 4.62. The summed E-state index contributed by atoms with van der Waals surface area (Å²) in [6, 6.07) is 0. The minimum absolute atomic E-state index is 0.0504. The van der Waals surface area contributed by atoms with Crippen LogP contribution in [0.4, 0.5) is 0 Å². The minimum Gasteiger partial charge on any atom is -0.295 e. The molecule has 112 valence electrons. The third-order valence-corrected chi connectivity index (χ3v) is 6.98. The normalized spacial score (nSPS) is 50.4. The van der Waals surface area contributed by atoms with Gasteiger partial charge in [0.05, 0.1) is 0 Å². The standard InChI is InChI=1S/C19H24O2/c1-18-9-12-7-16(20)14-5-3-4-6-15(14)17(21)8-13(11-18)19(18,2)10-12/h7-8,14-15H,3-6,9-11H2,1-2H3/b12-7+,13-8+. The Bertz CT molecular complexity index is 597. The molecule has 4 rings (SSSR count). The molecule has 4 aliphatic carbocycles. The molecule has 4 atom stereocenters. The Kier molecular flexibility index (Phi) is 2.68. The predicted molar refractivity (Wildman–Crippen MR) is 81.7 cm³/mol. The van der Waals surface area contributed by atoms with Crippen molar-refractivity contribution in [3.63, 3.8) is 0 Å². The molecule has 3 fully saturated rings. The zero-order chi connectivity index (χ0) is 14.8. The van der Waals surface area contributed by atoms with E-state index in [9.17, 15) is 9.59 Å². The van der Waals surface area contributed by atoms with Crippen LogP contribution < -0.4 is 0 Å². The quantitative estimate of drug-likeness (QED) is 0.673. The number of hydrogen-bond acceptors (Lipinski definition) is 2. The lowest BCUT2D eigenvalue weighted by atomic mass is 9.49. The van der Waals surface area contributed by atoms with Crippen LogP contribution in [0.25, 0.3) is 0 Å². The van der Waals surface area contributed by atoms with E-state index < -0.39 is 0 Å². The van der Waals surface area contributed by atoms with Gasteiger partial charge in [-0.2, -0.15) is 0 Å². The van der Waals surface area contributed by atoms with Crippen LogP contribution in [0.1, 0.15) is 58.8 Å². The molecule has 0 spiro atoms. The third kappa shape index (κ3) is 1.71. The first-order valence-corrected chi connectivity index (χ1v) is 8.41. The Morgan fingerprint density at radius 1 is 0.905 bits per heavy atom. The molecule has 2 heteroatoms. The van der Waals surface area contributed by atoms with E-state index in [4.69, 9.17) is 0 Å². The number of carbonyl (C=O) groups is 2. The molecule has 0 aromatic carbocycles. The molecule has 0 aromatic rings. The maximum atomic E-state index is 12.7. The number of fused-ring (bicyclic) bond motifs is 2. The zero-order valence-electron chi connectivity index (χ0n) is 13.1. The third-order valence-electron chi connectivity index (χ3n) is 6.98. The molecule has 0 heterocycles. The van der Waals surface area contributed by atoms with Crippen LogP contribution in [0.2, 0.25) is 0 Å². The van der Waals surface area contributed by atoms with Crippen LogP contribution in [0.15, 0.2) is 23.3 Å². The summed E-state index contributed by atoms with van der Waals surface area (Å²) in [7, 11) is 0. The Morgan fingerprint density at radius 3 is 2.19 bits per heavy atom. The smallest absolute Gasteiger partial charge is 0.159 e. The van der Waals surface area contributed by atoms with Crippen LogP contribution >= 0.6 is 0 Å². The summed E-state index contributed by atoms with van der Waals surface area (Å²) in [5.41, 5.74) is 3.06. The fraction of sp³-hybridized carbons (Fsp3) is 0.684. The lowest BCUT2D eigenvalue weighted by molar-refractivity contribution is -0.129. The Morgan fingerprint density at radius 2 is 1.52 bits per heavy atom. The van der Waals surface area contributed by atoms with E-state index in [0.29, 0.717) is 0 Å². The Hall–Kier alpha value is -1.18. The number of rotatable bonds is 0. The van der Waals surface area contributed by atoms with Gasteiger partial charge in [-0.3, -0.25) is 9.59 Å². The average Bonchev–Trinajstić information content (AvgIpc) is 2.62. The largest absolute Gasteiger partial charge is 0.295 e. The van der Waals surface area contributed by atoms with Gasteiger partial charge in [0, 0.05) is 11.8 Å². The Labute approximate surface area is 126 Å². The van der Waals surface area contributed by atoms with E-state index in [-0.39, 0.29) is 34.2 Å². The van der Waals surface area contributed by atoms with Gasteiger partial charge in [-0.15, -0.1) is 0 Å². The first kappa shape index (κ1) is 13.5. The molecule has 2 nitrogen and oxygen atoms in total. The van der Waals surface area contributed by atoms with Crippen molar-refractivity contribution in [2.45, 2.75) is 58.8 Å². The monoisotopic (exact) mass is 284 g/mol. The molecule has 0 saturated heterocycles. The fourth-order valence-electron chi connectivity index (χ4n) is 5.41. The van der Waals surface area contributed by atoms with Gasteiger partial charge in [0.1, 0.15) is 0 Å². The van der Waals surface area contributed by atoms with Crippen LogP contribution in [0.5, 0.6) is 0 Å². The second-order valence-corrected chi connectivity index (χ2v) is 8.20. The summed E-state index contributed by atoms with van der Waals surface area (Å²) >= 11 is 0. The Balaban J connectivity index is 1.81. The van der Waals surface area contributed by atoms with Gasteiger partial charge in [0.15, 0.2) is 11.6 Å². The number of carbonyl (C=O) groups excluding carboxylic acids is 2. The highest BCUT2D eigenvalue weighted by atomic mass is 16.1. The maximum absolute atomic E-state index is 12.7. The van der Waals surface area contributed by atoms with Crippen molar-refractivity contribution in [1.82, 2.24) is 0 Å². The lowest BCUT2D eigenvalue weighted by Crippen LogP contribution is -2.46. The van der Waals surface area contributed by atoms with E-state index >= 15 is 0 Å². The van der Waals surface area contributed by atoms with Crippen molar-refractivity contribution < 1.29 is 9.59 Å². The zero-order valence-corrected chi connectivity index (χ0v) is 13.1. The van der Waals surface area contributed by atoms with Crippen molar-refractivity contribution in [1.29, 1.82) is 0 Å². The van der Waals surface area contributed by atoms with Gasteiger partial charge in [0.25, 0.3) is 0 Å². The van der Waals surface area contributed by atoms with Crippen molar-refractivity contribution in [2.75, 3.05) is 0 Å². The topological polar surface area (TPSA) is 34.1 Å². The molecule has 0 radical (unpaired) electrons. The molecular weight excluding hydrogens is 260 g/mol. The number of hydrogen-bond donors (Lipinski definition) is 0. The summed E-state index contributed by atoms with van der Waals surface area (Å²) in [5.74, 6) is 0.359. The summed E-state index contributed by atoms with van der Waals surface area (Å²) in [5, 5.41) is 0. The predicted octanol–water partition coefficient (Wildman–Crippen LogP) is 4.01. The fourth-order valence-corrected chi connectivity index (χ4v) is 5.41. The highest BCUT2D eigenvalue weighted by Gasteiger charge is 2.60. The summed E-state index contributed by atoms with van der Waals surface area (Å²) in [4.78, 5) is 25.4. The molecular formula is C19H24O2. The molecule has 21 heavy (non-hydrogen) atoms.